The van der Waals surface area contributed by atoms with Crippen LogP contribution in [0.3, 0.4) is 0 Å². The van der Waals surface area contributed by atoms with Crippen molar-refractivity contribution in [1.82, 2.24) is 25.1 Å². The molecule has 0 bridgehead atoms. The Balaban J connectivity index is 1.61. The van der Waals surface area contributed by atoms with Gasteiger partial charge in [-0.15, -0.1) is 0 Å². The maximum atomic E-state index is 11.7. The van der Waals surface area contributed by atoms with Crippen LogP contribution in [0.1, 0.15) is 5.69 Å². The second-order valence-electron chi connectivity index (χ2n) is 6.64. The van der Waals surface area contributed by atoms with E-state index in [2.05, 4.69) is 30.5 Å². The molecule has 2 heterocycles. The van der Waals surface area contributed by atoms with Crippen molar-refractivity contribution < 1.29 is 8.42 Å². The first-order chi connectivity index (χ1) is 13.8. The fourth-order valence-corrected chi connectivity index (χ4v) is 3.57. The lowest BCUT2D eigenvalue weighted by Gasteiger charge is -2.17. The molecule has 0 amide bonds. The third-order valence-electron chi connectivity index (χ3n) is 4.49. The summed E-state index contributed by atoms with van der Waals surface area (Å²) in [6.45, 7) is 1.97. The molecule has 0 aliphatic rings. The highest BCUT2D eigenvalue weighted by molar-refractivity contribution is 7.90. The van der Waals surface area contributed by atoms with Crippen LogP contribution < -0.4 is 10.2 Å². The minimum atomic E-state index is -3.30. The fraction of sp³-hybridized carbons (Fsp3) is 0.158. The van der Waals surface area contributed by atoms with Gasteiger partial charge in [0, 0.05) is 35.8 Å². The second kappa shape index (κ2) is 7.13. The number of aromatic amines is 1. The lowest BCUT2D eigenvalue weighted by molar-refractivity contribution is 0.602. The second-order valence-corrected chi connectivity index (χ2v) is 8.66. The first-order valence-corrected chi connectivity index (χ1v) is 10.6. The molecule has 0 aliphatic carbocycles. The molecular weight excluding hydrogens is 390 g/mol. The van der Waals surface area contributed by atoms with Crippen molar-refractivity contribution in [2.24, 2.45) is 0 Å². The zero-order chi connectivity index (χ0) is 20.6. The summed E-state index contributed by atoms with van der Waals surface area (Å²) in [7, 11) is -1.45. The van der Waals surface area contributed by atoms with Gasteiger partial charge in [0.2, 0.25) is 11.9 Å². The van der Waals surface area contributed by atoms with Crippen LogP contribution in [0.25, 0.3) is 10.9 Å². The first-order valence-electron chi connectivity index (χ1n) is 8.76. The van der Waals surface area contributed by atoms with Crippen LogP contribution >= 0.6 is 0 Å². The number of rotatable bonds is 5. The molecule has 4 aromatic rings. The summed E-state index contributed by atoms with van der Waals surface area (Å²) in [5, 5.41) is 11.3. The third-order valence-corrected chi connectivity index (χ3v) is 5.60. The lowest BCUT2D eigenvalue weighted by Crippen LogP contribution is -2.14. The quantitative estimate of drug-likeness (QED) is 0.517. The molecule has 9 nitrogen and oxygen atoms in total. The normalized spacial score (nSPS) is 11.6. The first kappa shape index (κ1) is 18.8. The molecule has 0 atom stereocenters. The fourth-order valence-electron chi connectivity index (χ4n) is 2.90. The van der Waals surface area contributed by atoms with Crippen LogP contribution in [0, 0.1) is 6.92 Å². The molecule has 0 spiro atoms. The number of fused-ring (bicyclic) bond motifs is 1. The highest BCUT2D eigenvalue weighted by Crippen LogP contribution is 2.26. The van der Waals surface area contributed by atoms with Crippen LogP contribution in [0.4, 0.5) is 23.3 Å². The topological polar surface area (TPSA) is 117 Å². The summed E-state index contributed by atoms with van der Waals surface area (Å²) in [6.07, 6.45) is 2.57. The van der Waals surface area contributed by atoms with Gasteiger partial charge in [0.25, 0.3) is 0 Å². The largest absolute Gasteiger partial charge is 0.324 e. The zero-order valence-electron chi connectivity index (χ0n) is 16.1. The van der Waals surface area contributed by atoms with E-state index < -0.39 is 9.84 Å². The van der Waals surface area contributed by atoms with E-state index in [1.165, 1.54) is 18.6 Å². The minimum Gasteiger partial charge on any atom is -0.324 e. The van der Waals surface area contributed by atoms with Crippen LogP contribution in [0.15, 0.2) is 53.7 Å². The number of hydrogen-bond acceptors (Lipinski definition) is 8. The average Bonchev–Trinajstić information content (AvgIpc) is 3.07. The van der Waals surface area contributed by atoms with Crippen LogP contribution in [0.5, 0.6) is 0 Å². The number of H-pyrrole nitrogens is 1. The van der Waals surface area contributed by atoms with E-state index in [1.807, 2.05) is 37.1 Å². The molecule has 2 N–H and O–H groups in total. The van der Waals surface area contributed by atoms with Gasteiger partial charge in [-0.25, -0.2) is 18.4 Å². The molecule has 2 aromatic heterocycles. The van der Waals surface area contributed by atoms with Crippen molar-refractivity contribution in [1.29, 1.82) is 0 Å². The Labute approximate surface area is 167 Å². The summed E-state index contributed by atoms with van der Waals surface area (Å²) in [6, 6.07) is 12.4. The Bertz CT molecular complexity index is 1300. The molecule has 10 heteroatoms. The van der Waals surface area contributed by atoms with Gasteiger partial charge in [0.05, 0.1) is 10.4 Å². The summed E-state index contributed by atoms with van der Waals surface area (Å²) < 4.78 is 23.5. The van der Waals surface area contributed by atoms with E-state index in [0.29, 0.717) is 17.6 Å². The molecule has 0 fully saturated rings. The van der Waals surface area contributed by atoms with Gasteiger partial charge in [-0.1, -0.05) is 6.07 Å². The van der Waals surface area contributed by atoms with Gasteiger partial charge in [-0.05, 0) is 43.3 Å². The maximum absolute atomic E-state index is 11.7. The van der Waals surface area contributed by atoms with Crippen molar-refractivity contribution in [3.63, 3.8) is 0 Å². The van der Waals surface area contributed by atoms with Gasteiger partial charge >= 0.3 is 0 Å². The van der Waals surface area contributed by atoms with E-state index >= 15 is 0 Å². The third kappa shape index (κ3) is 3.87. The predicted octanol–water partition coefficient (Wildman–Crippen LogP) is 2.97. The Morgan fingerprint density at radius 3 is 2.72 bits per heavy atom. The van der Waals surface area contributed by atoms with Crippen LogP contribution in [-0.4, -0.2) is 46.9 Å². The molecule has 0 aliphatic heterocycles. The van der Waals surface area contributed by atoms with E-state index in [0.717, 1.165) is 22.3 Å². The highest BCUT2D eigenvalue weighted by atomic mass is 32.2. The lowest BCUT2D eigenvalue weighted by atomic mass is 10.2. The monoisotopic (exact) mass is 409 g/mol. The smallest absolute Gasteiger partial charge is 0.234 e. The Morgan fingerprint density at radius 1 is 1.10 bits per heavy atom. The standard InChI is InChI=1S/C19H19N7O2S/c1-12-16-8-7-14(10-17(16)25-24-12)26(2)19-21-11-20-18(23-19)22-13-5-4-6-15(9-13)29(3,27)28/h4-11H,1-3H3,(H,24,25)(H,20,21,22,23). The van der Waals surface area contributed by atoms with E-state index in [9.17, 15) is 8.42 Å². The van der Waals surface area contributed by atoms with Gasteiger partial charge in [-0.2, -0.15) is 10.1 Å². The molecule has 4 rings (SSSR count). The van der Waals surface area contributed by atoms with Gasteiger partial charge in [0.15, 0.2) is 9.84 Å². The molecule has 0 unspecified atom stereocenters. The molecule has 29 heavy (non-hydrogen) atoms. The molecule has 0 saturated carbocycles. The zero-order valence-corrected chi connectivity index (χ0v) is 16.9. The van der Waals surface area contributed by atoms with Crippen LogP contribution in [-0.2, 0) is 9.84 Å². The Morgan fingerprint density at radius 2 is 1.93 bits per heavy atom. The Kier molecular flexibility index (Phi) is 4.63. The van der Waals surface area contributed by atoms with E-state index in [1.54, 1.807) is 18.2 Å². The summed E-state index contributed by atoms with van der Waals surface area (Å²) >= 11 is 0. The van der Waals surface area contributed by atoms with Crippen molar-refractivity contribution in [2.75, 3.05) is 23.5 Å². The van der Waals surface area contributed by atoms with Crippen LogP contribution in [0.2, 0.25) is 0 Å². The SMILES string of the molecule is Cc1[nH]nc2cc(N(C)c3ncnc(Nc4cccc(S(C)(=O)=O)c4)n3)ccc12. The van der Waals surface area contributed by atoms with E-state index in [-0.39, 0.29) is 4.90 Å². The minimum absolute atomic E-state index is 0.219. The molecular formula is C19H19N7O2S. The van der Waals surface area contributed by atoms with Crippen molar-refractivity contribution in [2.45, 2.75) is 11.8 Å². The summed E-state index contributed by atoms with van der Waals surface area (Å²) in [4.78, 5) is 14.8. The van der Waals surface area contributed by atoms with Gasteiger partial charge < -0.3 is 10.2 Å². The van der Waals surface area contributed by atoms with Crippen molar-refractivity contribution >= 4 is 44.0 Å². The summed E-state index contributed by atoms with van der Waals surface area (Å²) in [5.74, 6) is 0.748. The van der Waals surface area contributed by atoms with Crippen molar-refractivity contribution in [3.05, 3.63) is 54.5 Å². The number of anilines is 4. The van der Waals surface area contributed by atoms with Gasteiger partial charge in [0.1, 0.15) is 6.33 Å². The number of nitrogens with zero attached hydrogens (tertiary/aromatic N) is 5. The summed E-state index contributed by atoms with van der Waals surface area (Å²) in [5.41, 5.74) is 3.32. The highest BCUT2D eigenvalue weighted by Gasteiger charge is 2.12. The number of aromatic nitrogens is 5. The number of aryl methyl sites for hydroxylation is 1. The molecule has 2 aromatic carbocycles. The van der Waals surface area contributed by atoms with Gasteiger partial charge in [-0.3, -0.25) is 5.10 Å². The number of benzene rings is 2. The van der Waals surface area contributed by atoms with E-state index in [4.69, 9.17) is 0 Å². The Hall–Kier alpha value is -3.53. The number of sulfone groups is 1. The maximum Gasteiger partial charge on any atom is 0.234 e. The number of nitrogens with one attached hydrogen (secondary N) is 2. The number of hydrogen-bond donors (Lipinski definition) is 2. The predicted molar refractivity (Wildman–Crippen MR) is 112 cm³/mol. The van der Waals surface area contributed by atoms with Crippen molar-refractivity contribution in [3.8, 4) is 0 Å². The molecule has 0 radical (unpaired) electrons. The molecule has 148 valence electrons. The average molecular weight is 409 g/mol. The molecule has 0 saturated heterocycles.